The standard InChI is InChI=1S/C23H26N2O3/c1-5-6-7-16-10-13-18(23(27)25(2)3)20-21(16)24-14-19(22(20)26)15-8-11-17(28-4)12-9-15/h8-14H,5-7H2,1-4H3,(H,24,26). The molecule has 0 unspecified atom stereocenters. The highest BCUT2D eigenvalue weighted by atomic mass is 16.5. The van der Waals surface area contributed by atoms with Crippen LogP contribution in [0, 0.1) is 0 Å². The number of benzene rings is 2. The number of nitrogens with zero attached hydrogens (tertiary/aromatic N) is 1. The Balaban J connectivity index is 2.26. The average Bonchev–Trinajstić information content (AvgIpc) is 2.71. The second-order valence-corrected chi connectivity index (χ2v) is 7.09. The van der Waals surface area contributed by atoms with Crippen LogP contribution >= 0.6 is 0 Å². The molecule has 1 aromatic heterocycles. The van der Waals surface area contributed by atoms with Crippen molar-refractivity contribution in [1.82, 2.24) is 9.88 Å². The van der Waals surface area contributed by atoms with Crippen LogP contribution in [0.25, 0.3) is 22.0 Å². The first-order valence-electron chi connectivity index (χ1n) is 9.51. The van der Waals surface area contributed by atoms with Gasteiger partial charge in [0.1, 0.15) is 5.75 Å². The Bertz CT molecular complexity index is 1050. The van der Waals surface area contributed by atoms with Crippen molar-refractivity contribution < 1.29 is 9.53 Å². The monoisotopic (exact) mass is 378 g/mol. The van der Waals surface area contributed by atoms with Crippen molar-refractivity contribution in [3.05, 3.63) is 63.9 Å². The summed E-state index contributed by atoms with van der Waals surface area (Å²) < 4.78 is 5.20. The third-order valence-corrected chi connectivity index (χ3v) is 4.96. The van der Waals surface area contributed by atoms with Gasteiger partial charge in [-0.1, -0.05) is 31.5 Å². The van der Waals surface area contributed by atoms with Crippen LogP contribution in [0.5, 0.6) is 5.75 Å². The number of H-pyrrole nitrogens is 1. The topological polar surface area (TPSA) is 62.4 Å². The molecule has 2 aromatic carbocycles. The maximum atomic E-state index is 13.4. The van der Waals surface area contributed by atoms with E-state index in [-0.39, 0.29) is 11.3 Å². The highest BCUT2D eigenvalue weighted by Gasteiger charge is 2.19. The normalized spacial score (nSPS) is 10.9. The van der Waals surface area contributed by atoms with Gasteiger partial charge in [0, 0.05) is 25.9 Å². The van der Waals surface area contributed by atoms with Gasteiger partial charge in [-0.25, -0.2) is 0 Å². The molecule has 5 nitrogen and oxygen atoms in total. The number of hydrogen-bond acceptors (Lipinski definition) is 3. The Labute approximate surface area is 165 Å². The molecule has 1 heterocycles. The Hall–Kier alpha value is -3.08. The molecule has 0 saturated heterocycles. The molecule has 3 rings (SSSR count). The number of pyridine rings is 1. The Kier molecular flexibility index (Phi) is 5.83. The molecule has 0 bridgehead atoms. The number of rotatable bonds is 6. The quantitative estimate of drug-likeness (QED) is 0.697. The fourth-order valence-electron chi connectivity index (χ4n) is 3.37. The maximum absolute atomic E-state index is 13.4. The summed E-state index contributed by atoms with van der Waals surface area (Å²) in [6.45, 7) is 2.14. The van der Waals surface area contributed by atoms with E-state index in [0.29, 0.717) is 16.5 Å². The molecule has 0 atom stereocenters. The molecule has 5 heteroatoms. The number of fused-ring (bicyclic) bond motifs is 1. The van der Waals surface area contributed by atoms with Crippen LogP contribution in [0.2, 0.25) is 0 Å². The molecular weight excluding hydrogens is 352 g/mol. The first kappa shape index (κ1) is 19.7. The third-order valence-electron chi connectivity index (χ3n) is 4.96. The first-order chi connectivity index (χ1) is 13.5. The predicted octanol–water partition coefficient (Wildman–Crippen LogP) is 4.25. The molecule has 1 amide bonds. The van der Waals surface area contributed by atoms with Crippen molar-refractivity contribution in [2.45, 2.75) is 26.2 Å². The predicted molar refractivity (Wildman–Crippen MR) is 113 cm³/mol. The lowest BCUT2D eigenvalue weighted by Crippen LogP contribution is -2.24. The van der Waals surface area contributed by atoms with Crippen LogP contribution in [-0.4, -0.2) is 37.0 Å². The van der Waals surface area contributed by atoms with Gasteiger partial charge >= 0.3 is 0 Å². The van der Waals surface area contributed by atoms with Crippen LogP contribution in [0.4, 0.5) is 0 Å². The highest BCUT2D eigenvalue weighted by molar-refractivity contribution is 6.07. The molecule has 0 fully saturated rings. The zero-order valence-electron chi connectivity index (χ0n) is 16.8. The Morgan fingerprint density at radius 3 is 2.43 bits per heavy atom. The summed E-state index contributed by atoms with van der Waals surface area (Å²) in [6.07, 6.45) is 4.69. The molecule has 0 spiro atoms. The fourth-order valence-corrected chi connectivity index (χ4v) is 3.37. The number of carbonyl (C=O) groups excluding carboxylic acids is 1. The van der Waals surface area contributed by atoms with E-state index in [1.807, 2.05) is 30.3 Å². The van der Waals surface area contributed by atoms with Gasteiger partial charge in [0.05, 0.1) is 23.6 Å². The largest absolute Gasteiger partial charge is 0.497 e. The van der Waals surface area contributed by atoms with E-state index < -0.39 is 0 Å². The van der Waals surface area contributed by atoms with Gasteiger partial charge in [0.25, 0.3) is 5.91 Å². The van der Waals surface area contributed by atoms with E-state index >= 15 is 0 Å². The van der Waals surface area contributed by atoms with Crippen molar-refractivity contribution in [3.63, 3.8) is 0 Å². The molecule has 0 radical (unpaired) electrons. The highest BCUT2D eigenvalue weighted by Crippen LogP contribution is 2.25. The van der Waals surface area contributed by atoms with E-state index in [4.69, 9.17) is 4.74 Å². The molecule has 0 aliphatic carbocycles. The van der Waals surface area contributed by atoms with Crippen molar-refractivity contribution >= 4 is 16.8 Å². The van der Waals surface area contributed by atoms with Gasteiger partial charge in [-0.15, -0.1) is 0 Å². The number of methoxy groups -OCH3 is 1. The summed E-state index contributed by atoms with van der Waals surface area (Å²) in [6, 6.07) is 11.1. The van der Waals surface area contributed by atoms with Gasteiger partial charge < -0.3 is 14.6 Å². The number of aromatic nitrogens is 1. The van der Waals surface area contributed by atoms with Crippen LogP contribution in [0.3, 0.4) is 0 Å². The number of aromatic amines is 1. The van der Waals surface area contributed by atoms with Gasteiger partial charge in [0.2, 0.25) is 0 Å². The average molecular weight is 378 g/mol. The van der Waals surface area contributed by atoms with Crippen molar-refractivity contribution in [3.8, 4) is 16.9 Å². The smallest absolute Gasteiger partial charge is 0.254 e. The number of carbonyl (C=O) groups is 1. The summed E-state index contributed by atoms with van der Waals surface area (Å²) >= 11 is 0. The minimum atomic E-state index is -0.176. The summed E-state index contributed by atoms with van der Waals surface area (Å²) in [5, 5.41) is 0.459. The number of amides is 1. The lowest BCUT2D eigenvalue weighted by Gasteiger charge is -2.15. The van der Waals surface area contributed by atoms with Gasteiger partial charge in [0.15, 0.2) is 5.43 Å². The number of ether oxygens (including phenoxy) is 1. The molecule has 1 N–H and O–H groups in total. The number of aryl methyl sites for hydroxylation is 1. The van der Waals surface area contributed by atoms with E-state index in [1.165, 1.54) is 4.90 Å². The molecule has 0 aliphatic heterocycles. The SMILES string of the molecule is CCCCc1ccc(C(=O)N(C)C)c2c(=O)c(-c3ccc(OC)cc3)c[nH]c12. The lowest BCUT2D eigenvalue weighted by molar-refractivity contribution is 0.0829. The second-order valence-electron chi connectivity index (χ2n) is 7.09. The molecule has 146 valence electrons. The molecule has 0 aliphatic rings. The van der Waals surface area contributed by atoms with E-state index in [2.05, 4.69) is 11.9 Å². The van der Waals surface area contributed by atoms with Crippen LogP contribution in [0.15, 0.2) is 47.4 Å². The van der Waals surface area contributed by atoms with Crippen LogP contribution in [0.1, 0.15) is 35.7 Å². The van der Waals surface area contributed by atoms with Crippen molar-refractivity contribution in [1.29, 1.82) is 0 Å². The van der Waals surface area contributed by atoms with E-state index in [1.54, 1.807) is 33.5 Å². The van der Waals surface area contributed by atoms with Crippen LogP contribution < -0.4 is 10.2 Å². The molecular formula is C23H26N2O3. The summed E-state index contributed by atoms with van der Waals surface area (Å²) in [5.74, 6) is 0.552. The van der Waals surface area contributed by atoms with Crippen molar-refractivity contribution in [2.75, 3.05) is 21.2 Å². The third kappa shape index (κ3) is 3.65. The summed E-state index contributed by atoms with van der Waals surface area (Å²) in [5.41, 5.74) is 3.43. The van der Waals surface area contributed by atoms with Crippen LogP contribution in [-0.2, 0) is 6.42 Å². The number of unbranched alkanes of at least 4 members (excludes halogenated alkanes) is 1. The zero-order valence-corrected chi connectivity index (χ0v) is 16.8. The Morgan fingerprint density at radius 2 is 1.82 bits per heavy atom. The number of nitrogens with one attached hydrogen (secondary N) is 1. The minimum absolute atomic E-state index is 0.137. The zero-order chi connectivity index (χ0) is 20.3. The number of hydrogen-bond donors (Lipinski definition) is 1. The van der Waals surface area contributed by atoms with Crippen molar-refractivity contribution in [2.24, 2.45) is 0 Å². The summed E-state index contributed by atoms with van der Waals surface area (Å²) in [7, 11) is 5.00. The lowest BCUT2D eigenvalue weighted by atomic mass is 9.96. The minimum Gasteiger partial charge on any atom is -0.497 e. The van der Waals surface area contributed by atoms with Gasteiger partial charge in [-0.2, -0.15) is 0 Å². The van der Waals surface area contributed by atoms with E-state index in [9.17, 15) is 9.59 Å². The van der Waals surface area contributed by atoms with Gasteiger partial charge in [-0.05, 0) is 42.2 Å². The first-order valence-corrected chi connectivity index (χ1v) is 9.51. The Morgan fingerprint density at radius 1 is 1.11 bits per heavy atom. The molecule has 28 heavy (non-hydrogen) atoms. The maximum Gasteiger partial charge on any atom is 0.254 e. The fraction of sp³-hybridized carbons (Fsp3) is 0.304. The second kappa shape index (κ2) is 8.30. The summed E-state index contributed by atoms with van der Waals surface area (Å²) in [4.78, 5) is 31.0. The molecule has 3 aromatic rings. The van der Waals surface area contributed by atoms with Gasteiger partial charge in [-0.3, -0.25) is 9.59 Å². The van der Waals surface area contributed by atoms with E-state index in [0.717, 1.165) is 41.7 Å². The molecule has 0 saturated carbocycles.